The lowest BCUT2D eigenvalue weighted by atomic mass is 10.1. The number of rotatable bonds is 9. The molecule has 0 aromatic carbocycles. The van der Waals surface area contributed by atoms with Gasteiger partial charge in [-0.05, 0) is 54.2 Å². The molecule has 4 rings (SSSR count). The van der Waals surface area contributed by atoms with Crippen molar-refractivity contribution in [3.8, 4) is 0 Å². The highest BCUT2D eigenvalue weighted by molar-refractivity contribution is 7.84. The number of carbonyl (C=O) groups is 1. The number of ketones is 1. The van der Waals surface area contributed by atoms with Gasteiger partial charge in [-0.3, -0.25) is 8.98 Å². The quantitative estimate of drug-likeness (QED) is 0.426. The lowest BCUT2D eigenvalue weighted by Crippen LogP contribution is -2.22. The number of nitrogens with one attached hydrogen (secondary N) is 1. The van der Waals surface area contributed by atoms with E-state index in [9.17, 15) is 13.2 Å². The SMILES string of the molecule is NS(=O)(=O)OC[C@@H]1CC[C@H](Nc2ncncc2C(=O)c2cc(CC3=CCOC3)cs2)C1. The van der Waals surface area contributed by atoms with E-state index in [0.717, 1.165) is 24.8 Å². The first-order valence-electron chi connectivity index (χ1n) is 9.99. The predicted molar refractivity (Wildman–Crippen MR) is 116 cm³/mol. The van der Waals surface area contributed by atoms with Crippen LogP contribution in [0.15, 0.2) is 35.6 Å². The number of anilines is 1. The van der Waals surface area contributed by atoms with Gasteiger partial charge in [-0.15, -0.1) is 11.3 Å². The smallest absolute Gasteiger partial charge is 0.333 e. The molecule has 166 valence electrons. The first-order valence-corrected chi connectivity index (χ1v) is 12.3. The third kappa shape index (κ3) is 5.95. The minimum Gasteiger partial charge on any atom is -0.373 e. The van der Waals surface area contributed by atoms with Gasteiger partial charge in [0.25, 0.3) is 0 Å². The van der Waals surface area contributed by atoms with Gasteiger partial charge in [0.1, 0.15) is 12.1 Å². The van der Waals surface area contributed by atoms with E-state index in [2.05, 4.69) is 21.4 Å². The molecule has 9 nitrogen and oxygen atoms in total. The number of carbonyl (C=O) groups excluding carboxylic acids is 1. The molecular weight excluding hydrogens is 440 g/mol. The fourth-order valence-corrected chi connectivity index (χ4v) is 5.13. The Balaban J connectivity index is 1.40. The summed E-state index contributed by atoms with van der Waals surface area (Å²) < 4.78 is 32.0. The molecule has 1 saturated carbocycles. The minimum absolute atomic E-state index is 0.0590. The van der Waals surface area contributed by atoms with E-state index in [1.807, 2.05) is 11.4 Å². The number of thiophene rings is 1. The second-order valence-corrected chi connectivity index (χ2v) is 9.92. The zero-order valence-corrected chi connectivity index (χ0v) is 18.5. The fourth-order valence-electron chi connectivity index (χ4n) is 3.88. The molecule has 2 aromatic heterocycles. The molecular formula is C20H24N4O5S2. The van der Waals surface area contributed by atoms with Crippen LogP contribution in [0.4, 0.5) is 5.82 Å². The van der Waals surface area contributed by atoms with E-state index in [-0.39, 0.29) is 24.3 Å². The average Bonchev–Trinajstić information content (AvgIpc) is 3.49. The van der Waals surface area contributed by atoms with Crippen LogP contribution >= 0.6 is 11.3 Å². The maximum Gasteiger partial charge on any atom is 0.333 e. The molecule has 0 radical (unpaired) electrons. The van der Waals surface area contributed by atoms with Crippen molar-refractivity contribution in [1.29, 1.82) is 0 Å². The highest BCUT2D eigenvalue weighted by Crippen LogP contribution is 2.30. The maximum absolute atomic E-state index is 13.1. The zero-order valence-electron chi connectivity index (χ0n) is 16.8. The molecule has 1 fully saturated rings. The summed E-state index contributed by atoms with van der Waals surface area (Å²) in [6.45, 7) is 1.36. The molecule has 3 heterocycles. The van der Waals surface area contributed by atoms with Crippen molar-refractivity contribution >= 4 is 33.2 Å². The van der Waals surface area contributed by atoms with Crippen LogP contribution in [-0.4, -0.2) is 50.0 Å². The Morgan fingerprint density at radius 3 is 3.03 bits per heavy atom. The van der Waals surface area contributed by atoms with Crippen LogP contribution in [-0.2, 0) is 25.6 Å². The zero-order chi connectivity index (χ0) is 21.8. The summed E-state index contributed by atoms with van der Waals surface area (Å²) in [4.78, 5) is 22.1. The van der Waals surface area contributed by atoms with Crippen molar-refractivity contribution in [3.05, 3.63) is 51.6 Å². The number of ether oxygens (including phenoxy) is 1. The summed E-state index contributed by atoms with van der Waals surface area (Å²) in [6, 6.07) is 1.97. The van der Waals surface area contributed by atoms with Crippen LogP contribution in [0.5, 0.6) is 0 Å². The van der Waals surface area contributed by atoms with Gasteiger partial charge in [-0.1, -0.05) is 6.08 Å². The van der Waals surface area contributed by atoms with Gasteiger partial charge in [0.15, 0.2) is 0 Å². The monoisotopic (exact) mass is 464 g/mol. The third-order valence-electron chi connectivity index (χ3n) is 5.39. The van der Waals surface area contributed by atoms with Crippen LogP contribution in [0.25, 0.3) is 0 Å². The maximum atomic E-state index is 13.1. The van der Waals surface area contributed by atoms with Gasteiger partial charge in [0.2, 0.25) is 5.78 Å². The second kappa shape index (κ2) is 9.53. The third-order valence-corrected chi connectivity index (χ3v) is 6.84. The standard InChI is InChI=1S/C20H24N4O5S2/c21-31(26,27)29-10-13-1-2-16(6-13)24-20-17(8-22-12-23-20)19(25)18-7-15(11-30-18)5-14-3-4-28-9-14/h3,7-8,11-13,16H,1-2,4-6,9-10H2,(H2,21,26,27)(H,22,23,24)/t13-,16+/m1/s1. The first-order chi connectivity index (χ1) is 14.9. The Bertz CT molecular complexity index is 1080. The Morgan fingerprint density at radius 2 is 2.26 bits per heavy atom. The van der Waals surface area contributed by atoms with Crippen molar-refractivity contribution in [2.45, 2.75) is 31.7 Å². The number of hydrogen-bond acceptors (Lipinski definition) is 9. The van der Waals surface area contributed by atoms with Gasteiger partial charge in [0.05, 0.1) is 30.3 Å². The summed E-state index contributed by atoms with van der Waals surface area (Å²) in [5, 5.41) is 10.2. The summed E-state index contributed by atoms with van der Waals surface area (Å²) in [7, 11) is -3.94. The van der Waals surface area contributed by atoms with Gasteiger partial charge in [-0.2, -0.15) is 8.42 Å². The average molecular weight is 465 g/mol. The molecule has 0 amide bonds. The number of aromatic nitrogens is 2. The van der Waals surface area contributed by atoms with Crippen LogP contribution in [0, 0.1) is 5.92 Å². The van der Waals surface area contributed by atoms with Gasteiger partial charge < -0.3 is 10.1 Å². The highest BCUT2D eigenvalue weighted by atomic mass is 32.2. The molecule has 11 heteroatoms. The number of nitrogens with two attached hydrogens (primary N) is 1. The molecule has 0 bridgehead atoms. The van der Waals surface area contributed by atoms with Gasteiger partial charge in [0, 0.05) is 12.2 Å². The summed E-state index contributed by atoms with van der Waals surface area (Å²) >= 11 is 1.41. The predicted octanol–water partition coefficient (Wildman–Crippen LogP) is 2.07. The molecule has 2 aliphatic rings. The Labute approximate surface area is 184 Å². The Hall–Kier alpha value is -2.18. The molecule has 3 N–H and O–H groups in total. The van der Waals surface area contributed by atoms with Crippen LogP contribution in [0.3, 0.4) is 0 Å². The molecule has 2 aromatic rings. The van der Waals surface area contributed by atoms with E-state index in [1.165, 1.54) is 29.4 Å². The number of nitrogens with zero attached hydrogens (tertiary/aromatic N) is 2. The normalized spacial score (nSPS) is 21.3. The van der Waals surface area contributed by atoms with Crippen molar-refractivity contribution in [1.82, 2.24) is 9.97 Å². The molecule has 0 saturated heterocycles. The molecule has 0 unspecified atom stereocenters. The van der Waals surface area contributed by atoms with E-state index in [1.54, 1.807) is 0 Å². The lowest BCUT2D eigenvalue weighted by molar-refractivity contribution is 0.104. The van der Waals surface area contributed by atoms with E-state index >= 15 is 0 Å². The van der Waals surface area contributed by atoms with Crippen molar-refractivity contribution < 1.29 is 22.1 Å². The number of hydrogen-bond donors (Lipinski definition) is 2. The van der Waals surface area contributed by atoms with Crippen molar-refractivity contribution in [3.63, 3.8) is 0 Å². The largest absolute Gasteiger partial charge is 0.373 e. The second-order valence-electron chi connectivity index (χ2n) is 7.79. The molecule has 2 atom stereocenters. The summed E-state index contributed by atoms with van der Waals surface area (Å²) in [5.41, 5.74) is 2.73. The van der Waals surface area contributed by atoms with E-state index in [4.69, 9.17) is 14.1 Å². The van der Waals surface area contributed by atoms with Crippen LogP contribution in [0.1, 0.15) is 40.1 Å². The summed E-state index contributed by atoms with van der Waals surface area (Å²) in [6.07, 6.45) is 8.11. The van der Waals surface area contributed by atoms with Gasteiger partial charge in [-0.25, -0.2) is 15.1 Å². The highest BCUT2D eigenvalue weighted by Gasteiger charge is 2.28. The van der Waals surface area contributed by atoms with Crippen molar-refractivity contribution in [2.24, 2.45) is 11.1 Å². The van der Waals surface area contributed by atoms with Gasteiger partial charge >= 0.3 is 10.3 Å². The fraction of sp³-hybridized carbons (Fsp3) is 0.450. The minimum atomic E-state index is -3.94. The molecule has 1 aliphatic heterocycles. The van der Waals surface area contributed by atoms with E-state index < -0.39 is 10.3 Å². The van der Waals surface area contributed by atoms with Crippen LogP contribution in [0.2, 0.25) is 0 Å². The summed E-state index contributed by atoms with van der Waals surface area (Å²) in [5.74, 6) is 0.438. The first kappa shape index (κ1) is 22.0. The van der Waals surface area contributed by atoms with Crippen molar-refractivity contribution in [2.75, 3.05) is 25.1 Å². The lowest BCUT2D eigenvalue weighted by Gasteiger charge is -2.15. The van der Waals surface area contributed by atoms with E-state index in [0.29, 0.717) is 35.9 Å². The molecule has 31 heavy (non-hydrogen) atoms. The Morgan fingerprint density at radius 1 is 1.39 bits per heavy atom. The Kier molecular flexibility index (Phi) is 6.77. The molecule has 1 aliphatic carbocycles. The molecule has 0 spiro atoms. The topological polar surface area (TPSA) is 134 Å². The van der Waals surface area contributed by atoms with Crippen LogP contribution < -0.4 is 10.5 Å².